The number of hydrogen-bond donors (Lipinski definition) is 0. The lowest BCUT2D eigenvalue weighted by atomic mass is 10.0. The van der Waals surface area contributed by atoms with Gasteiger partial charge < -0.3 is 9.84 Å². The highest BCUT2D eigenvalue weighted by Gasteiger charge is 2.68. The molecule has 0 aromatic rings. The minimum absolute atomic E-state index is 0.120. The van der Waals surface area contributed by atoms with Crippen LogP contribution in [0.25, 0.3) is 0 Å². The Hall–Kier alpha value is -1.51. The van der Waals surface area contributed by atoms with Crippen LogP contribution in [0.5, 0.6) is 0 Å². The van der Waals surface area contributed by atoms with Crippen molar-refractivity contribution in [3.05, 3.63) is 24.8 Å². The lowest BCUT2D eigenvalue weighted by molar-refractivity contribution is -0.574. The molecule has 0 N–H and O–H groups in total. The van der Waals surface area contributed by atoms with E-state index in [1.54, 1.807) is 0 Å². The molecule has 0 saturated carbocycles. The van der Waals surface area contributed by atoms with Crippen LogP contribution in [0.15, 0.2) is 24.8 Å². The van der Waals surface area contributed by atoms with Crippen LogP contribution in [0.3, 0.4) is 0 Å². The Balaban J connectivity index is 4.73. The zero-order valence-electron chi connectivity index (χ0n) is 10.1. The fourth-order valence-corrected chi connectivity index (χ4v) is 1.02. The van der Waals surface area contributed by atoms with Gasteiger partial charge in [-0.2, -0.15) is 26.3 Å². The van der Waals surface area contributed by atoms with E-state index in [4.69, 9.17) is 0 Å². The Kier molecular flexibility index (Phi) is 6.27. The van der Waals surface area contributed by atoms with E-state index in [0.717, 1.165) is 0 Å². The average molecular weight is 305 g/mol. The molecule has 0 amide bonds. The number of carbonyl (C=O) groups excluding carboxylic acids is 1. The van der Waals surface area contributed by atoms with E-state index in [9.17, 15) is 36.2 Å². The molecule has 3 nitrogen and oxygen atoms in total. The smallest absolute Gasteiger partial charge is 0.399 e. The maximum absolute atomic E-state index is 12.2. The normalized spacial score (nSPS) is 13.6. The van der Waals surface area contributed by atoms with E-state index in [1.165, 1.54) is 18.2 Å². The Morgan fingerprint density at radius 1 is 1.10 bits per heavy atom. The number of esters is 1. The Bertz CT molecular complexity index is 355. The molecule has 0 bridgehead atoms. The molecule has 0 aliphatic rings. The lowest BCUT2D eigenvalue weighted by Gasteiger charge is -2.40. The summed E-state index contributed by atoms with van der Waals surface area (Å²) in [6.45, 7) is 2.60. The zero-order chi connectivity index (χ0) is 16.0. The van der Waals surface area contributed by atoms with E-state index in [-0.39, 0.29) is 6.42 Å². The second-order valence-corrected chi connectivity index (χ2v) is 3.60. The summed E-state index contributed by atoms with van der Waals surface area (Å²) in [6.07, 6.45) is -7.97. The van der Waals surface area contributed by atoms with Crippen molar-refractivity contribution in [2.24, 2.45) is 0 Å². The van der Waals surface area contributed by atoms with E-state index in [2.05, 4.69) is 11.3 Å². The number of rotatable bonds is 6. The molecular formula is C11H11F6O3-. The maximum atomic E-state index is 12.2. The third-order valence-corrected chi connectivity index (χ3v) is 2.07. The number of alkyl halides is 6. The summed E-state index contributed by atoms with van der Waals surface area (Å²) in [5, 5.41) is 10.9. The molecule has 0 fully saturated rings. The molecule has 0 heterocycles. The highest BCUT2D eigenvalue weighted by molar-refractivity contribution is 5.81. The summed E-state index contributed by atoms with van der Waals surface area (Å²) in [4.78, 5) is 10.8. The van der Waals surface area contributed by atoms with Crippen LogP contribution >= 0.6 is 0 Å². The Morgan fingerprint density at radius 3 is 2.00 bits per heavy atom. The first-order chi connectivity index (χ1) is 8.98. The lowest BCUT2D eigenvalue weighted by Crippen LogP contribution is -2.71. The first-order valence-electron chi connectivity index (χ1n) is 5.25. The molecule has 0 aromatic heterocycles. The molecule has 0 aromatic carbocycles. The first-order valence-corrected chi connectivity index (χ1v) is 5.25. The number of hydrogen-bond acceptors (Lipinski definition) is 3. The molecule has 0 aliphatic carbocycles. The molecule has 0 rings (SSSR count). The van der Waals surface area contributed by atoms with Crippen molar-refractivity contribution in [3.8, 4) is 0 Å². The third-order valence-electron chi connectivity index (χ3n) is 2.07. The number of carbonyl (C=O) groups is 1. The topological polar surface area (TPSA) is 49.4 Å². The van der Waals surface area contributed by atoms with Crippen LogP contribution in [0.4, 0.5) is 26.3 Å². The van der Waals surface area contributed by atoms with Crippen molar-refractivity contribution in [3.63, 3.8) is 0 Å². The molecule has 116 valence electrons. The van der Waals surface area contributed by atoms with Crippen LogP contribution in [-0.2, 0) is 9.53 Å². The van der Waals surface area contributed by atoms with E-state index < -0.39 is 30.5 Å². The van der Waals surface area contributed by atoms with Gasteiger partial charge >= 0.3 is 18.3 Å². The van der Waals surface area contributed by atoms with Gasteiger partial charge in [0.2, 0.25) is 0 Å². The first kappa shape index (κ1) is 18.5. The predicted molar refractivity (Wildman–Crippen MR) is 54.4 cm³/mol. The van der Waals surface area contributed by atoms with E-state index in [1.807, 2.05) is 0 Å². The monoisotopic (exact) mass is 305 g/mol. The van der Waals surface area contributed by atoms with Crippen molar-refractivity contribution in [2.75, 3.05) is 6.61 Å². The zero-order valence-corrected chi connectivity index (χ0v) is 10.1. The van der Waals surface area contributed by atoms with Crippen LogP contribution in [-0.4, -0.2) is 30.5 Å². The SMILES string of the molecule is C=CC/C=C\CCOC(=O)C([O-])(C(F)(F)F)C(F)(F)F. The minimum atomic E-state index is -6.33. The molecule has 0 spiro atoms. The fourth-order valence-electron chi connectivity index (χ4n) is 1.02. The van der Waals surface area contributed by atoms with Gasteiger partial charge in [-0.1, -0.05) is 18.2 Å². The van der Waals surface area contributed by atoms with Crippen LogP contribution in [0.1, 0.15) is 12.8 Å². The van der Waals surface area contributed by atoms with E-state index in [0.29, 0.717) is 6.42 Å². The summed E-state index contributed by atoms with van der Waals surface area (Å²) in [6, 6.07) is 0. The summed E-state index contributed by atoms with van der Waals surface area (Å²) < 4.78 is 76.8. The number of ether oxygens (including phenoxy) is 1. The Morgan fingerprint density at radius 2 is 1.60 bits per heavy atom. The quantitative estimate of drug-likeness (QED) is 0.327. The van der Waals surface area contributed by atoms with Gasteiger partial charge in [0, 0.05) is 0 Å². The van der Waals surface area contributed by atoms with Gasteiger partial charge in [0.05, 0.1) is 6.61 Å². The molecule has 0 radical (unpaired) electrons. The average Bonchev–Trinajstić information content (AvgIpc) is 2.29. The van der Waals surface area contributed by atoms with Crippen LogP contribution in [0.2, 0.25) is 0 Å². The second-order valence-electron chi connectivity index (χ2n) is 3.60. The molecule has 0 saturated heterocycles. The minimum Gasteiger partial charge on any atom is -0.828 e. The number of halogens is 6. The number of allylic oxidation sites excluding steroid dienone is 2. The van der Waals surface area contributed by atoms with Crippen molar-refractivity contribution in [1.82, 2.24) is 0 Å². The standard InChI is InChI=1S/C11H11F6O3/c1-2-3-4-5-6-7-20-8(18)9(19,10(12,13)14)11(15,16)17/h2,4-5H,1,3,6-7H2/q-1/b5-4-. The Labute approximate surface area is 110 Å². The van der Waals surface area contributed by atoms with Gasteiger partial charge in [-0.15, -0.1) is 6.58 Å². The van der Waals surface area contributed by atoms with Crippen molar-refractivity contribution >= 4 is 5.97 Å². The van der Waals surface area contributed by atoms with Crippen LogP contribution < -0.4 is 5.11 Å². The van der Waals surface area contributed by atoms with Gasteiger partial charge in [0.25, 0.3) is 0 Å². The van der Waals surface area contributed by atoms with E-state index >= 15 is 0 Å². The van der Waals surface area contributed by atoms with Crippen molar-refractivity contribution in [1.29, 1.82) is 0 Å². The van der Waals surface area contributed by atoms with Gasteiger partial charge in [-0.05, 0) is 12.8 Å². The van der Waals surface area contributed by atoms with Gasteiger partial charge in [-0.3, -0.25) is 4.79 Å². The van der Waals surface area contributed by atoms with Gasteiger partial charge in [-0.25, -0.2) is 0 Å². The molecule has 20 heavy (non-hydrogen) atoms. The molecule has 0 aliphatic heterocycles. The highest BCUT2D eigenvalue weighted by atomic mass is 19.4. The van der Waals surface area contributed by atoms with Crippen LogP contribution in [0, 0.1) is 0 Å². The van der Waals surface area contributed by atoms with Gasteiger partial charge in [0.1, 0.15) is 0 Å². The molecule has 0 unspecified atom stereocenters. The van der Waals surface area contributed by atoms with Gasteiger partial charge in [0.15, 0.2) is 5.60 Å². The largest absolute Gasteiger partial charge is 0.828 e. The third kappa shape index (κ3) is 4.26. The summed E-state index contributed by atoms with van der Waals surface area (Å²) in [5.41, 5.74) is -5.77. The predicted octanol–water partition coefficient (Wildman–Crippen LogP) is 2.28. The maximum Gasteiger partial charge on any atom is 0.399 e. The molecule has 0 atom stereocenters. The molecular weight excluding hydrogens is 294 g/mol. The fraction of sp³-hybridized carbons (Fsp3) is 0.545. The summed E-state index contributed by atoms with van der Waals surface area (Å²) >= 11 is 0. The molecule has 9 heteroatoms. The van der Waals surface area contributed by atoms with Crippen molar-refractivity contribution < 1.29 is 41.0 Å². The summed E-state index contributed by atoms with van der Waals surface area (Å²) in [5.74, 6) is -2.91. The second kappa shape index (κ2) is 6.78. The summed E-state index contributed by atoms with van der Waals surface area (Å²) in [7, 11) is 0. The highest BCUT2D eigenvalue weighted by Crippen LogP contribution is 2.41. The van der Waals surface area contributed by atoms with Crippen molar-refractivity contribution in [2.45, 2.75) is 30.8 Å².